The van der Waals surface area contributed by atoms with Crippen LogP contribution in [0.5, 0.6) is 0 Å². The highest BCUT2D eigenvalue weighted by Gasteiger charge is 2.39. The highest BCUT2D eigenvalue weighted by Crippen LogP contribution is 2.30. The molecule has 120 valence electrons. The normalized spacial score (nSPS) is 14.5. The van der Waals surface area contributed by atoms with Gasteiger partial charge in [-0.1, -0.05) is 23.9 Å². The summed E-state index contributed by atoms with van der Waals surface area (Å²) >= 11 is 0.708. The fraction of sp³-hybridized carbons (Fsp3) is 0.167. The molecular formula is C12H8F3N5O2S. The average molecular weight is 343 g/mol. The molecule has 0 radical (unpaired) electrons. The number of alkyl halides is 3. The van der Waals surface area contributed by atoms with Gasteiger partial charge in [-0.05, 0) is 12.1 Å². The van der Waals surface area contributed by atoms with E-state index in [-0.39, 0.29) is 26.8 Å². The van der Waals surface area contributed by atoms with Gasteiger partial charge in [0.15, 0.2) is 0 Å². The number of hydrogen-bond acceptors (Lipinski definition) is 6. The van der Waals surface area contributed by atoms with Gasteiger partial charge >= 0.3 is 6.18 Å². The second kappa shape index (κ2) is 5.26. The van der Waals surface area contributed by atoms with E-state index in [9.17, 15) is 22.8 Å². The number of nitrogens with two attached hydrogens (primary N) is 1. The first-order valence-corrected chi connectivity index (χ1v) is 7.15. The number of hydrogen-bond donors (Lipinski definition) is 1. The maximum Gasteiger partial charge on any atom is 0.453 e. The largest absolute Gasteiger partial charge is 0.453 e. The number of carbonyl (C=O) groups is 2. The van der Waals surface area contributed by atoms with E-state index in [1.165, 1.54) is 12.1 Å². The third kappa shape index (κ3) is 2.52. The number of nitrogen functional groups attached to an aromatic ring is 1. The number of nitrogens with zero attached hydrogens (tertiary/aromatic N) is 4. The Morgan fingerprint density at radius 3 is 2.13 bits per heavy atom. The van der Waals surface area contributed by atoms with Crippen molar-refractivity contribution in [2.24, 2.45) is 0 Å². The number of fused-ring (bicyclic) bond motifs is 1. The molecular weight excluding hydrogens is 335 g/mol. The lowest BCUT2D eigenvalue weighted by Crippen LogP contribution is -2.29. The zero-order valence-corrected chi connectivity index (χ0v) is 12.1. The van der Waals surface area contributed by atoms with E-state index >= 15 is 0 Å². The van der Waals surface area contributed by atoms with Crippen LogP contribution in [0.15, 0.2) is 29.4 Å². The van der Waals surface area contributed by atoms with Gasteiger partial charge in [0.05, 0.1) is 17.0 Å². The molecule has 1 aliphatic heterocycles. The van der Waals surface area contributed by atoms with E-state index in [2.05, 4.69) is 10.2 Å². The Morgan fingerprint density at radius 2 is 1.65 bits per heavy atom. The van der Waals surface area contributed by atoms with Crippen molar-refractivity contribution >= 4 is 23.6 Å². The number of carbonyl (C=O) groups excluding carboxylic acids is 2. The minimum atomic E-state index is -4.74. The number of benzene rings is 1. The third-order valence-corrected chi connectivity index (χ3v) is 4.04. The highest BCUT2D eigenvalue weighted by atomic mass is 32.2. The van der Waals surface area contributed by atoms with Crippen molar-refractivity contribution in [1.29, 1.82) is 0 Å². The van der Waals surface area contributed by atoms with Crippen molar-refractivity contribution in [1.82, 2.24) is 19.8 Å². The van der Waals surface area contributed by atoms with Crippen molar-refractivity contribution < 1.29 is 22.8 Å². The molecule has 11 heteroatoms. The van der Waals surface area contributed by atoms with Crippen molar-refractivity contribution in [2.45, 2.75) is 11.3 Å². The van der Waals surface area contributed by atoms with E-state index in [1.54, 1.807) is 12.1 Å². The monoisotopic (exact) mass is 343 g/mol. The molecule has 1 aromatic carbocycles. The standard InChI is InChI=1S/C12H8F3N5O2S/c13-12(14,15)10-17-18-11(20(10)16)23-5-19-8(21)6-3-1-2-4-7(6)9(19)22/h1-4H,5,16H2. The number of halogens is 3. The number of thioether (sulfide) groups is 1. The van der Waals surface area contributed by atoms with E-state index < -0.39 is 23.8 Å². The molecule has 1 aromatic heterocycles. The van der Waals surface area contributed by atoms with Crippen LogP contribution in [0.1, 0.15) is 26.5 Å². The van der Waals surface area contributed by atoms with Gasteiger partial charge in [0.25, 0.3) is 17.6 Å². The van der Waals surface area contributed by atoms with Gasteiger partial charge in [-0.25, -0.2) is 4.68 Å². The zero-order valence-electron chi connectivity index (χ0n) is 11.2. The van der Waals surface area contributed by atoms with E-state index in [0.717, 1.165) is 4.90 Å². The lowest BCUT2D eigenvalue weighted by atomic mass is 10.1. The Morgan fingerprint density at radius 1 is 1.09 bits per heavy atom. The molecule has 0 saturated carbocycles. The fourth-order valence-electron chi connectivity index (χ4n) is 2.05. The Labute approximate surface area is 131 Å². The molecule has 2 heterocycles. The van der Waals surface area contributed by atoms with Crippen molar-refractivity contribution in [2.75, 3.05) is 11.7 Å². The maximum atomic E-state index is 12.6. The highest BCUT2D eigenvalue weighted by molar-refractivity contribution is 7.99. The van der Waals surface area contributed by atoms with Gasteiger partial charge in [-0.3, -0.25) is 14.5 Å². The Balaban J connectivity index is 1.77. The third-order valence-electron chi connectivity index (χ3n) is 3.12. The number of aromatic nitrogens is 3. The van der Waals surface area contributed by atoms with Crippen LogP contribution in [0.25, 0.3) is 0 Å². The van der Waals surface area contributed by atoms with Crippen LogP contribution >= 0.6 is 11.8 Å². The van der Waals surface area contributed by atoms with Gasteiger partial charge in [0, 0.05) is 0 Å². The Kier molecular flexibility index (Phi) is 3.51. The summed E-state index contributed by atoms with van der Waals surface area (Å²) in [5.74, 6) is 2.68. The minimum Gasteiger partial charge on any atom is -0.335 e. The van der Waals surface area contributed by atoms with Crippen LogP contribution in [0.3, 0.4) is 0 Å². The molecule has 1 aliphatic rings. The maximum absolute atomic E-state index is 12.6. The fourth-order valence-corrected chi connectivity index (χ4v) is 2.85. The minimum absolute atomic E-state index is 0.223. The zero-order chi connectivity index (χ0) is 16.8. The predicted molar refractivity (Wildman–Crippen MR) is 72.8 cm³/mol. The van der Waals surface area contributed by atoms with Gasteiger partial charge in [0.1, 0.15) is 0 Å². The van der Waals surface area contributed by atoms with Gasteiger partial charge < -0.3 is 5.84 Å². The predicted octanol–water partition coefficient (Wildman–Crippen LogP) is 1.36. The average Bonchev–Trinajstić information content (AvgIpc) is 2.98. The first-order valence-electron chi connectivity index (χ1n) is 6.16. The summed E-state index contributed by atoms with van der Waals surface area (Å²) in [5, 5.41) is 6.03. The summed E-state index contributed by atoms with van der Waals surface area (Å²) in [5.41, 5.74) is 0.506. The second-order valence-electron chi connectivity index (χ2n) is 4.53. The number of rotatable bonds is 3. The van der Waals surface area contributed by atoms with E-state index in [1.807, 2.05) is 0 Å². The molecule has 23 heavy (non-hydrogen) atoms. The molecule has 3 rings (SSSR count). The van der Waals surface area contributed by atoms with Crippen LogP contribution in [-0.2, 0) is 6.18 Å². The molecule has 2 amide bonds. The smallest absolute Gasteiger partial charge is 0.335 e. The molecule has 0 fully saturated rings. The van der Waals surface area contributed by atoms with E-state index in [0.29, 0.717) is 11.8 Å². The molecule has 7 nitrogen and oxygen atoms in total. The van der Waals surface area contributed by atoms with Crippen LogP contribution in [0.2, 0.25) is 0 Å². The van der Waals surface area contributed by atoms with Crippen LogP contribution < -0.4 is 5.84 Å². The summed E-state index contributed by atoms with van der Waals surface area (Å²) in [7, 11) is 0. The molecule has 0 aliphatic carbocycles. The molecule has 0 bridgehead atoms. The second-order valence-corrected chi connectivity index (χ2v) is 5.44. The summed E-state index contributed by atoms with van der Waals surface area (Å²) in [6.45, 7) is 0. The summed E-state index contributed by atoms with van der Waals surface area (Å²) in [4.78, 5) is 25.1. The summed E-state index contributed by atoms with van der Waals surface area (Å²) in [6.07, 6.45) is -4.74. The molecule has 2 aromatic rings. The molecule has 0 atom stereocenters. The summed E-state index contributed by atoms with van der Waals surface area (Å²) < 4.78 is 38.0. The van der Waals surface area contributed by atoms with Gasteiger partial charge in [-0.2, -0.15) is 13.2 Å². The topological polar surface area (TPSA) is 94.1 Å². The summed E-state index contributed by atoms with van der Waals surface area (Å²) in [6, 6.07) is 6.25. The first-order chi connectivity index (χ1) is 10.8. The van der Waals surface area contributed by atoms with Crippen LogP contribution in [0.4, 0.5) is 13.2 Å². The Hall–Kier alpha value is -2.56. The van der Waals surface area contributed by atoms with Crippen molar-refractivity contribution in [3.8, 4) is 0 Å². The van der Waals surface area contributed by atoms with Crippen LogP contribution in [0, 0.1) is 0 Å². The van der Waals surface area contributed by atoms with Gasteiger partial charge in [-0.15, -0.1) is 10.2 Å². The molecule has 0 unspecified atom stereocenters. The first kappa shape index (κ1) is 15.3. The lowest BCUT2D eigenvalue weighted by Gasteiger charge is -2.12. The molecule has 0 spiro atoms. The van der Waals surface area contributed by atoms with Crippen molar-refractivity contribution in [3.05, 3.63) is 41.2 Å². The number of imide groups is 1. The van der Waals surface area contributed by atoms with Crippen LogP contribution in [-0.4, -0.2) is 37.5 Å². The SMILES string of the molecule is Nn1c(SCN2C(=O)c3ccccc3C2=O)nnc1C(F)(F)F. The molecule has 2 N–H and O–H groups in total. The van der Waals surface area contributed by atoms with E-state index in [4.69, 9.17) is 5.84 Å². The molecule has 0 saturated heterocycles. The quantitative estimate of drug-likeness (QED) is 0.514. The Bertz CT molecular complexity index is 769. The number of amides is 2. The lowest BCUT2D eigenvalue weighted by molar-refractivity contribution is -0.146. The van der Waals surface area contributed by atoms with Crippen molar-refractivity contribution in [3.63, 3.8) is 0 Å². The van der Waals surface area contributed by atoms with Gasteiger partial charge in [0.2, 0.25) is 5.16 Å².